The molecule has 0 aliphatic rings. The number of rotatable bonds is 5. The van der Waals surface area contributed by atoms with Crippen LogP contribution in [0.5, 0.6) is 0 Å². The average Bonchev–Trinajstić information content (AvgIpc) is 2.90. The number of aromatic nitrogens is 2. The summed E-state index contributed by atoms with van der Waals surface area (Å²) in [6, 6.07) is 35.9. The zero-order chi connectivity index (χ0) is 23.5. The molecule has 0 unspecified atom stereocenters. The molecule has 0 saturated carbocycles. The van der Waals surface area contributed by atoms with Gasteiger partial charge in [0.1, 0.15) is 0 Å². The molecular weight excluding hydrogens is 609 g/mol. The van der Waals surface area contributed by atoms with Gasteiger partial charge in [-0.1, -0.05) is 36.4 Å². The maximum absolute atomic E-state index is 4.53. The number of hydrogen-bond acceptors (Lipinski definition) is 3. The molecule has 4 heteroatoms. The van der Waals surface area contributed by atoms with Gasteiger partial charge in [0.2, 0.25) is 0 Å². The third-order valence-electron chi connectivity index (χ3n) is 6.05. The van der Waals surface area contributed by atoms with E-state index in [9.17, 15) is 0 Å². The van der Waals surface area contributed by atoms with Gasteiger partial charge in [0, 0.05) is 18.1 Å². The van der Waals surface area contributed by atoms with Gasteiger partial charge in [-0.05, 0) is 72.4 Å². The Bertz CT molecular complexity index is 1350. The van der Waals surface area contributed by atoms with E-state index in [4.69, 9.17) is 0 Å². The van der Waals surface area contributed by atoms with E-state index >= 15 is 0 Å². The second-order valence-corrected chi connectivity index (χ2v) is 8.34. The first kappa shape index (κ1) is 24.6. The minimum atomic E-state index is 0. The van der Waals surface area contributed by atoms with Crippen LogP contribution in [0, 0.1) is 32.9 Å². The molecule has 174 valence electrons. The van der Waals surface area contributed by atoms with Gasteiger partial charge < -0.3 is 14.9 Å². The van der Waals surface area contributed by atoms with Gasteiger partial charge in [0.15, 0.2) is 0 Å². The van der Waals surface area contributed by atoms with Crippen molar-refractivity contribution in [2.75, 3.05) is 4.90 Å². The Kier molecular flexibility index (Phi) is 7.58. The van der Waals surface area contributed by atoms with Crippen molar-refractivity contribution in [2.24, 2.45) is 0 Å². The fourth-order valence-electron chi connectivity index (χ4n) is 4.17. The van der Waals surface area contributed by atoms with Crippen LogP contribution in [0.3, 0.4) is 0 Å². The fourth-order valence-corrected chi connectivity index (χ4v) is 4.17. The van der Waals surface area contributed by atoms with Gasteiger partial charge in [-0.2, -0.15) is 0 Å². The first-order valence-electron chi connectivity index (χ1n) is 11.4. The van der Waals surface area contributed by atoms with E-state index in [2.05, 4.69) is 84.2 Å². The standard InChI is InChI=1S/C31H25N3.Pt/c1-22-16-17-23(2)31(24(22)3)34(27-12-8-10-25(20-27)29-14-4-6-18-32-29)28-13-9-11-26(21-28)30-15-5-7-19-33-30;/h4-19H,1-3H3;/q-2;+2. The first-order valence-corrected chi connectivity index (χ1v) is 11.4. The van der Waals surface area contributed by atoms with E-state index in [1.807, 2.05) is 60.9 Å². The molecule has 2 heterocycles. The van der Waals surface area contributed by atoms with Crippen molar-refractivity contribution < 1.29 is 21.1 Å². The van der Waals surface area contributed by atoms with E-state index in [0.29, 0.717) is 0 Å². The molecule has 0 amide bonds. The number of nitrogens with zero attached hydrogens (tertiary/aromatic N) is 3. The van der Waals surface area contributed by atoms with Gasteiger partial charge in [0.25, 0.3) is 0 Å². The van der Waals surface area contributed by atoms with Crippen LogP contribution in [-0.2, 0) is 21.1 Å². The van der Waals surface area contributed by atoms with Crippen molar-refractivity contribution in [2.45, 2.75) is 20.8 Å². The quantitative estimate of drug-likeness (QED) is 0.185. The molecule has 0 atom stereocenters. The van der Waals surface area contributed by atoms with Crippen LogP contribution in [0.15, 0.2) is 97.3 Å². The summed E-state index contributed by atoms with van der Waals surface area (Å²) >= 11 is 0. The Labute approximate surface area is 221 Å². The summed E-state index contributed by atoms with van der Waals surface area (Å²) in [6.07, 6.45) is 3.62. The predicted molar refractivity (Wildman–Crippen MR) is 139 cm³/mol. The minimum absolute atomic E-state index is 0. The second-order valence-electron chi connectivity index (χ2n) is 8.34. The van der Waals surface area contributed by atoms with Crippen LogP contribution in [0.25, 0.3) is 22.5 Å². The van der Waals surface area contributed by atoms with Gasteiger partial charge in [0.05, 0.1) is 0 Å². The molecule has 0 bridgehead atoms. The van der Waals surface area contributed by atoms with Gasteiger partial charge in [-0.3, -0.25) is 0 Å². The molecule has 0 N–H and O–H groups in total. The van der Waals surface area contributed by atoms with E-state index in [1.165, 1.54) is 16.7 Å². The molecule has 5 aromatic rings. The van der Waals surface area contributed by atoms with Gasteiger partial charge in [-0.15, -0.1) is 59.7 Å². The Morgan fingerprint density at radius 2 is 1.09 bits per heavy atom. The zero-order valence-corrected chi connectivity index (χ0v) is 22.2. The number of aryl methyl sites for hydroxylation is 2. The molecule has 35 heavy (non-hydrogen) atoms. The smallest absolute Gasteiger partial charge is 0.346 e. The summed E-state index contributed by atoms with van der Waals surface area (Å²) in [5, 5.41) is 0. The van der Waals surface area contributed by atoms with E-state index in [0.717, 1.165) is 39.6 Å². The van der Waals surface area contributed by atoms with Gasteiger partial charge in [-0.25, -0.2) is 0 Å². The summed E-state index contributed by atoms with van der Waals surface area (Å²) in [5.74, 6) is 0. The molecular formula is C31H25N3Pt. The number of hydrogen-bond donors (Lipinski definition) is 0. The maximum atomic E-state index is 4.53. The van der Waals surface area contributed by atoms with E-state index < -0.39 is 0 Å². The largest absolute Gasteiger partial charge is 2.00 e. The third kappa shape index (κ3) is 5.11. The predicted octanol–water partition coefficient (Wildman–Crippen LogP) is 7.80. The molecule has 0 fully saturated rings. The molecule has 0 aliphatic carbocycles. The Balaban J connectivity index is 0.00000289. The average molecular weight is 635 g/mol. The minimum Gasteiger partial charge on any atom is -0.346 e. The third-order valence-corrected chi connectivity index (χ3v) is 6.05. The molecule has 5 rings (SSSR count). The molecule has 2 aromatic heterocycles. The van der Waals surface area contributed by atoms with Crippen LogP contribution in [0.2, 0.25) is 0 Å². The topological polar surface area (TPSA) is 29.0 Å². The normalized spacial score (nSPS) is 10.5. The van der Waals surface area contributed by atoms with Crippen molar-refractivity contribution in [3.63, 3.8) is 0 Å². The number of anilines is 3. The Morgan fingerprint density at radius 1 is 0.571 bits per heavy atom. The number of benzene rings is 3. The van der Waals surface area contributed by atoms with Crippen molar-refractivity contribution >= 4 is 17.1 Å². The van der Waals surface area contributed by atoms with Crippen molar-refractivity contribution in [3.05, 3.63) is 126 Å². The summed E-state index contributed by atoms with van der Waals surface area (Å²) in [7, 11) is 0. The second kappa shape index (κ2) is 10.8. The summed E-state index contributed by atoms with van der Waals surface area (Å²) in [5.41, 5.74) is 10.4. The van der Waals surface area contributed by atoms with Gasteiger partial charge >= 0.3 is 21.1 Å². The van der Waals surface area contributed by atoms with E-state index in [1.54, 1.807) is 0 Å². The molecule has 3 aromatic carbocycles. The van der Waals surface area contributed by atoms with Crippen molar-refractivity contribution in [1.29, 1.82) is 0 Å². The summed E-state index contributed by atoms with van der Waals surface area (Å²) in [4.78, 5) is 11.3. The van der Waals surface area contributed by atoms with Crippen LogP contribution in [-0.4, -0.2) is 9.97 Å². The van der Waals surface area contributed by atoms with E-state index in [-0.39, 0.29) is 21.1 Å². The SMILES string of the molecule is Cc1ccc(C)c(N(c2[c-]c(-c3ccccn3)ccc2)c2[c-]c(-c3ccccn3)ccc2)c1C.[Pt+2]. The van der Waals surface area contributed by atoms with Crippen LogP contribution >= 0.6 is 0 Å². The monoisotopic (exact) mass is 634 g/mol. The molecule has 0 aliphatic heterocycles. The van der Waals surface area contributed by atoms with Crippen LogP contribution in [0.1, 0.15) is 16.7 Å². The fraction of sp³-hybridized carbons (Fsp3) is 0.0968. The zero-order valence-electron chi connectivity index (χ0n) is 19.9. The summed E-state index contributed by atoms with van der Waals surface area (Å²) < 4.78 is 0. The number of pyridine rings is 2. The summed E-state index contributed by atoms with van der Waals surface area (Å²) in [6.45, 7) is 6.48. The van der Waals surface area contributed by atoms with Crippen LogP contribution in [0.4, 0.5) is 17.1 Å². The first-order chi connectivity index (χ1) is 16.6. The molecule has 0 radical (unpaired) electrons. The molecule has 0 saturated heterocycles. The Hall–Kier alpha value is -3.55. The molecule has 0 spiro atoms. The van der Waals surface area contributed by atoms with Crippen LogP contribution < -0.4 is 4.90 Å². The van der Waals surface area contributed by atoms with Crippen molar-refractivity contribution in [3.8, 4) is 22.5 Å². The van der Waals surface area contributed by atoms with Crippen molar-refractivity contribution in [1.82, 2.24) is 9.97 Å². The molecule has 3 nitrogen and oxygen atoms in total. The maximum Gasteiger partial charge on any atom is 2.00 e. The Morgan fingerprint density at radius 3 is 1.57 bits per heavy atom.